The summed E-state index contributed by atoms with van der Waals surface area (Å²) in [5.41, 5.74) is 0.901. The summed E-state index contributed by atoms with van der Waals surface area (Å²) < 4.78 is 0. The third-order valence-corrected chi connectivity index (χ3v) is 3.01. The lowest BCUT2D eigenvalue weighted by Crippen LogP contribution is -2.14. The van der Waals surface area contributed by atoms with Gasteiger partial charge in [-0.05, 0) is 48.5 Å². The van der Waals surface area contributed by atoms with Crippen LogP contribution in [0, 0.1) is 11.3 Å². The van der Waals surface area contributed by atoms with Gasteiger partial charge in [-0.3, -0.25) is 4.79 Å². The minimum Gasteiger partial charge on any atom is -0.508 e. The van der Waals surface area contributed by atoms with Crippen LogP contribution < -0.4 is 10.6 Å². The first kappa shape index (κ1) is 16.6. The molecule has 0 aromatic heterocycles. The Morgan fingerprint density at radius 3 is 2.12 bits per heavy atom. The highest BCUT2D eigenvalue weighted by Gasteiger charge is 2.10. The van der Waals surface area contributed by atoms with E-state index >= 15 is 0 Å². The van der Waals surface area contributed by atoms with Crippen molar-refractivity contribution in [3.05, 3.63) is 65.9 Å². The summed E-state index contributed by atoms with van der Waals surface area (Å²) in [4.78, 5) is 22.8. The number of anilines is 2. The molecule has 0 saturated carbocycles. The van der Waals surface area contributed by atoms with Crippen LogP contribution >= 0.6 is 0 Å². The van der Waals surface area contributed by atoms with Crippen molar-refractivity contribution < 1.29 is 19.8 Å². The van der Waals surface area contributed by atoms with Gasteiger partial charge in [0.05, 0.1) is 5.56 Å². The molecule has 2 rings (SSSR count). The highest BCUT2D eigenvalue weighted by molar-refractivity contribution is 6.06. The summed E-state index contributed by atoms with van der Waals surface area (Å²) in [7, 11) is 0. The zero-order valence-corrected chi connectivity index (χ0v) is 12.4. The molecule has 0 aliphatic rings. The molecular weight excluding hydrogens is 310 g/mol. The maximum Gasteiger partial charge on any atom is 0.335 e. The molecule has 2 aromatic carbocycles. The molecule has 0 aliphatic carbocycles. The van der Waals surface area contributed by atoms with E-state index in [4.69, 9.17) is 10.4 Å². The van der Waals surface area contributed by atoms with Crippen LogP contribution in [0.3, 0.4) is 0 Å². The van der Waals surface area contributed by atoms with Gasteiger partial charge in [-0.15, -0.1) is 0 Å². The summed E-state index contributed by atoms with van der Waals surface area (Å²) in [6.07, 6.45) is 1.24. The van der Waals surface area contributed by atoms with E-state index in [2.05, 4.69) is 10.6 Å². The molecule has 0 saturated heterocycles. The predicted octanol–water partition coefficient (Wildman–Crippen LogP) is 2.55. The SMILES string of the molecule is N#C/C(=C/Nc1ccc(O)cc1)C(=O)Nc1ccc(C(=O)O)cc1. The van der Waals surface area contributed by atoms with Gasteiger partial charge in [0.2, 0.25) is 0 Å². The molecule has 0 aliphatic heterocycles. The van der Waals surface area contributed by atoms with Gasteiger partial charge in [0.25, 0.3) is 5.91 Å². The number of carboxylic acids is 1. The Labute approximate surface area is 137 Å². The number of phenols is 1. The van der Waals surface area contributed by atoms with Crippen molar-refractivity contribution in [3.63, 3.8) is 0 Å². The van der Waals surface area contributed by atoms with Crippen LogP contribution in [0.25, 0.3) is 0 Å². The van der Waals surface area contributed by atoms with Crippen molar-refractivity contribution in [2.45, 2.75) is 0 Å². The average Bonchev–Trinajstić information content (AvgIpc) is 2.57. The molecule has 2 aromatic rings. The van der Waals surface area contributed by atoms with E-state index in [1.54, 1.807) is 18.2 Å². The summed E-state index contributed by atoms with van der Waals surface area (Å²) in [6, 6.07) is 13.4. The summed E-state index contributed by atoms with van der Waals surface area (Å²) in [6.45, 7) is 0. The van der Waals surface area contributed by atoms with Crippen LogP contribution in [-0.4, -0.2) is 22.1 Å². The molecule has 0 spiro atoms. The Hall–Kier alpha value is -3.79. The second-order valence-corrected chi connectivity index (χ2v) is 4.70. The molecule has 24 heavy (non-hydrogen) atoms. The molecule has 0 bridgehead atoms. The zero-order chi connectivity index (χ0) is 17.5. The topological polar surface area (TPSA) is 122 Å². The minimum absolute atomic E-state index is 0.0954. The molecule has 0 radical (unpaired) electrons. The number of benzene rings is 2. The fourth-order valence-corrected chi connectivity index (χ4v) is 1.76. The monoisotopic (exact) mass is 323 g/mol. The summed E-state index contributed by atoms with van der Waals surface area (Å²) >= 11 is 0. The predicted molar refractivity (Wildman–Crippen MR) is 87.5 cm³/mol. The van der Waals surface area contributed by atoms with Gasteiger partial charge in [0, 0.05) is 17.6 Å². The van der Waals surface area contributed by atoms with Gasteiger partial charge in [-0.2, -0.15) is 5.26 Å². The second-order valence-electron chi connectivity index (χ2n) is 4.70. The van der Waals surface area contributed by atoms with Gasteiger partial charge < -0.3 is 20.8 Å². The number of carbonyl (C=O) groups excluding carboxylic acids is 1. The van der Waals surface area contributed by atoms with Crippen LogP contribution in [0.15, 0.2) is 60.3 Å². The van der Waals surface area contributed by atoms with Gasteiger partial charge in [-0.1, -0.05) is 0 Å². The fourth-order valence-electron chi connectivity index (χ4n) is 1.76. The van der Waals surface area contributed by atoms with Crippen LogP contribution in [0.5, 0.6) is 5.75 Å². The molecule has 120 valence electrons. The minimum atomic E-state index is -1.07. The number of rotatable bonds is 5. The molecule has 0 fully saturated rings. The van der Waals surface area contributed by atoms with Gasteiger partial charge in [0.15, 0.2) is 0 Å². The van der Waals surface area contributed by atoms with E-state index in [1.807, 2.05) is 0 Å². The lowest BCUT2D eigenvalue weighted by molar-refractivity contribution is -0.112. The van der Waals surface area contributed by atoms with E-state index in [1.165, 1.54) is 42.6 Å². The van der Waals surface area contributed by atoms with Crippen LogP contribution in [0.1, 0.15) is 10.4 Å². The summed E-state index contributed by atoms with van der Waals surface area (Å²) in [5.74, 6) is -1.59. The zero-order valence-electron chi connectivity index (χ0n) is 12.4. The molecule has 0 unspecified atom stereocenters. The van der Waals surface area contributed by atoms with Crippen molar-refractivity contribution in [1.29, 1.82) is 5.26 Å². The standard InChI is InChI=1S/C17H13N3O4/c18-9-12(10-19-13-5-7-15(21)8-6-13)16(22)20-14-3-1-11(2-4-14)17(23)24/h1-8,10,19,21H,(H,20,22)(H,23,24)/b12-10-. The maximum atomic E-state index is 12.0. The third kappa shape index (κ3) is 4.35. The Morgan fingerprint density at radius 1 is 1.00 bits per heavy atom. The van der Waals surface area contributed by atoms with E-state index in [0.717, 1.165) is 0 Å². The van der Waals surface area contributed by atoms with E-state index in [0.29, 0.717) is 11.4 Å². The number of phenolic OH excluding ortho intramolecular Hbond substituents is 1. The van der Waals surface area contributed by atoms with Crippen LogP contribution in [0.2, 0.25) is 0 Å². The number of aromatic hydroxyl groups is 1. The molecule has 7 nitrogen and oxygen atoms in total. The van der Waals surface area contributed by atoms with Crippen molar-refractivity contribution in [2.24, 2.45) is 0 Å². The highest BCUT2D eigenvalue weighted by atomic mass is 16.4. The van der Waals surface area contributed by atoms with E-state index in [9.17, 15) is 14.7 Å². The highest BCUT2D eigenvalue weighted by Crippen LogP contribution is 2.15. The number of nitrogens with zero attached hydrogens (tertiary/aromatic N) is 1. The maximum absolute atomic E-state index is 12.0. The van der Waals surface area contributed by atoms with E-state index < -0.39 is 11.9 Å². The number of nitrogens with one attached hydrogen (secondary N) is 2. The normalized spacial score (nSPS) is 10.5. The number of nitriles is 1. The lowest BCUT2D eigenvalue weighted by Gasteiger charge is -2.06. The Bertz CT molecular complexity index is 818. The largest absolute Gasteiger partial charge is 0.508 e. The smallest absolute Gasteiger partial charge is 0.335 e. The van der Waals surface area contributed by atoms with Crippen molar-refractivity contribution in [2.75, 3.05) is 10.6 Å². The van der Waals surface area contributed by atoms with Crippen molar-refractivity contribution >= 4 is 23.3 Å². The van der Waals surface area contributed by atoms with E-state index in [-0.39, 0.29) is 16.9 Å². The number of amides is 1. The van der Waals surface area contributed by atoms with Crippen molar-refractivity contribution in [1.82, 2.24) is 0 Å². The van der Waals surface area contributed by atoms with Crippen LogP contribution in [0.4, 0.5) is 11.4 Å². The average molecular weight is 323 g/mol. The third-order valence-electron chi connectivity index (χ3n) is 3.01. The molecular formula is C17H13N3O4. The van der Waals surface area contributed by atoms with Crippen LogP contribution in [-0.2, 0) is 4.79 Å². The Balaban J connectivity index is 2.05. The first-order chi connectivity index (χ1) is 11.5. The first-order valence-electron chi connectivity index (χ1n) is 6.80. The number of hydrogen-bond donors (Lipinski definition) is 4. The number of aromatic carboxylic acids is 1. The van der Waals surface area contributed by atoms with Gasteiger partial charge in [-0.25, -0.2) is 4.79 Å². The van der Waals surface area contributed by atoms with Gasteiger partial charge in [0.1, 0.15) is 17.4 Å². The Kier molecular flexibility index (Phi) is 5.16. The molecule has 1 amide bonds. The molecule has 0 heterocycles. The number of hydrogen-bond acceptors (Lipinski definition) is 5. The second kappa shape index (κ2) is 7.47. The first-order valence-corrected chi connectivity index (χ1v) is 6.80. The lowest BCUT2D eigenvalue weighted by atomic mass is 10.2. The van der Waals surface area contributed by atoms with Gasteiger partial charge >= 0.3 is 5.97 Å². The molecule has 0 atom stereocenters. The fraction of sp³-hybridized carbons (Fsp3) is 0. The van der Waals surface area contributed by atoms with Crippen molar-refractivity contribution in [3.8, 4) is 11.8 Å². The molecule has 4 N–H and O–H groups in total. The molecule has 7 heteroatoms. The summed E-state index contributed by atoms with van der Waals surface area (Å²) in [5, 5.41) is 32.4. The quantitative estimate of drug-likeness (QED) is 0.381. The number of carbonyl (C=O) groups is 2. The Morgan fingerprint density at radius 2 is 1.58 bits per heavy atom. The number of carboxylic acid groups (broad SMARTS) is 1.